The molecule has 0 aliphatic rings. The van der Waals surface area contributed by atoms with Crippen molar-refractivity contribution in [1.82, 2.24) is 0 Å². The van der Waals surface area contributed by atoms with E-state index in [0.717, 1.165) is 10.0 Å². The van der Waals surface area contributed by atoms with Crippen LogP contribution in [0.5, 0.6) is 5.75 Å². The van der Waals surface area contributed by atoms with Crippen LogP contribution in [0.3, 0.4) is 0 Å². The third-order valence-electron chi connectivity index (χ3n) is 2.93. The molecular formula is C15H21BrO5. The molecule has 0 aliphatic carbocycles. The van der Waals surface area contributed by atoms with Gasteiger partial charge in [-0.25, -0.2) is 4.79 Å². The van der Waals surface area contributed by atoms with Crippen LogP contribution in [0.1, 0.15) is 29.8 Å². The van der Waals surface area contributed by atoms with Gasteiger partial charge < -0.3 is 18.9 Å². The van der Waals surface area contributed by atoms with Gasteiger partial charge in [-0.05, 0) is 31.0 Å². The molecule has 118 valence electrons. The van der Waals surface area contributed by atoms with Gasteiger partial charge in [0, 0.05) is 18.2 Å². The highest BCUT2D eigenvalue weighted by Crippen LogP contribution is 2.28. The average Bonchev–Trinajstić information content (AvgIpc) is 2.49. The molecule has 0 aromatic heterocycles. The zero-order valence-corrected chi connectivity index (χ0v) is 14.4. The topological polar surface area (TPSA) is 54.0 Å². The summed E-state index contributed by atoms with van der Waals surface area (Å²) in [5.74, 6) is 0.173. The highest BCUT2D eigenvalue weighted by Gasteiger charge is 2.16. The molecule has 1 aromatic carbocycles. The van der Waals surface area contributed by atoms with Crippen LogP contribution in [0.2, 0.25) is 0 Å². The first-order valence-corrected chi connectivity index (χ1v) is 7.54. The number of hydrogen-bond acceptors (Lipinski definition) is 5. The van der Waals surface area contributed by atoms with Gasteiger partial charge >= 0.3 is 5.97 Å². The lowest BCUT2D eigenvalue weighted by molar-refractivity contribution is -0.137. The molecule has 0 radical (unpaired) electrons. The van der Waals surface area contributed by atoms with Crippen LogP contribution < -0.4 is 4.74 Å². The normalized spacial score (nSPS) is 12.0. The average molecular weight is 361 g/mol. The van der Waals surface area contributed by atoms with Crippen LogP contribution in [0.15, 0.2) is 16.6 Å². The third kappa shape index (κ3) is 4.98. The molecule has 21 heavy (non-hydrogen) atoms. The highest BCUT2D eigenvalue weighted by atomic mass is 79.9. The van der Waals surface area contributed by atoms with Gasteiger partial charge in [-0.3, -0.25) is 0 Å². The van der Waals surface area contributed by atoms with Gasteiger partial charge in [0.2, 0.25) is 0 Å². The molecular weight excluding hydrogens is 340 g/mol. The van der Waals surface area contributed by atoms with Gasteiger partial charge in [-0.1, -0.05) is 22.9 Å². The van der Waals surface area contributed by atoms with E-state index in [1.165, 1.54) is 7.11 Å². The van der Waals surface area contributed by atoms with Gasteiger partial charge in [-0.15, -0.1) is 0 Å². The van der Waals surface area contributed by atoms with E-state index >= 15 is 0 Å². The van der Waals surface area contributed by atoms with E-state index in [0.29, 0.717) is 24.3 Å². The van der Waals surface area contributed by atoms with Crippen molar-refractivity contribution in [2.45, 2.75) is 26.6 Å². The predicted molar refractivity (Wildman–Crippen MR) is 82.8 cm³/mol. The second-order valence-electron chi connectivity index (χ2n) is 4.21. The smallest absolute Gasteiger partial charge is 0.338 e. The first kappa shape index (κ1) is 17.9. The molecule has 0 bridgehead atoms. The summed E-state index contributed by atoms with van der Waals surface area (Å²) >= 11 is 3.46. The Labute approximate surface area is 133 Å². The molecule has 0 saturated heterocycles. The lowest BCUT2D eigenvalue weighted by Crippen LogP contribution is -2.23. The standard InChI is InChI=1S/C15H21BrO5/c1-5-11-12(15(17)19-4)7-10(8-13(11)16)21-9-14(18-3)20-6-2/h7-8,14H,5-6,9H2,1-4H3. The fraction of sp³-hybridized carbons (Fsp3) is 0.533. The van der Waals surface area contributed by atoms with Crippen molar-refractivity contribution in [1.29, 1.82) is 0 Å². The maximum Gasteiger partial charge on any atom is 0.338 e. The molecule has 0 heterocycles. The SMILES string of the molecule is CCOC(COc1cc(Br)c(CC)c(C(=O)OC)c1)OC. The van der Waals surface area contributed by atoms with Crippen molar-refractivity contribution >= 4 is 21.9 Å². The minimum Gasteiger partial charge on any atom is -0.488 e. The molecule has 1 rings (SSSR count). The summed E-state index contributed by atoms with van der Waals surface area (Å²) < 4.78 is 21.7. The molecule has 1 atom stereocenters. The Balaban J connectivity index is 2.93. The Bertz CT molecular complexity index is 475. The largest absolute Gasteiger partial charge is 0.488 e. The first-order chi connectivity index (χ1) is 10.1. The van der Waals surface area contributed by atoms with E-state index in [-0.39, 0.29) is 12.6 Å². The van der Waals surface area contributed by atoms with Gasteiger partial charge in [0.25, 0.3) is 0 Å². The minimum absolute atomic E-state index is 0.239. The summed E-state index contributed by atoms with van der Waals surface area (Å²) in [4.78, 5) is 11.8. The summed E-state index contributed by atoms with van der Waals surface area (Å²) in [5, 5.41) is 0. The van der Waals surface area contributed by atoms with Gasteiger partial charge in [0.15, 0.2) is 6.29 Å². The maximum absolute atomic E-state index is 11.8. The van der Waals surface area contributed by atoms with Crippen LogP contribution in [0.25, 0.3) is 0 Å². The Kier molecular flexibility index (Phi) is 7.71. The third-order valence-corrected chi connectivity index (χ3v) is 3.64. The van der Waals surface area contributed by atoms with Crippen molar-refractivity contribution in [3.05, 3.63) is 27.7 Å². The number of carbonyl (C=O) groups excluding carboxylic acids is 1. The molecule has 0 aliphatic heterocycles. The van der Waals surface area contributed by atoms with Crippen LogP contribution in [0.4, 0.5) is 0 Å². The first-order valence-electron chi connectivity index (χ1n) is 6.75. The number of ether oxygens (including phenoxy) is 4. The summed E-state index contributed by atoms with van der Waals surface area (Å²) in [7, 11) is 2.92. The maximum atomic E-state index is 11.8. The number of hydrogen-bond donors (Lipinski definition) is 0. The molecule has 0 saturated carbocycles. The van der Waals surface area contributed by atoms with Crippen molar-refractivity contribution in [2.75, 3.05) is 27.4 Å². The number of esters is 1. The van der Waals surface area contributed by atoms with Crippen LogP contribution in [-0.2, 0) is 20.6 Å². The molecule has 0 spiro atoms. The minimum atomic E-state index is -0.443. The van der Waals surface area contributed by atoms with Gasteiger partial charge in [0.1, 0.15) is 12.4 Å². The van der Waals surface area contributed by atoms with Crippen LogP contribution in [0, 0.1) is 0 Å². The van der Waals surface area contributed by atoms with E-state index in [1.807, 2.05) is 19.9 Å². The van der Waals surface area contributed by atoms with Crippen LogP contribution in [-0.4, -0.2) is 39.7 Å². The summed E-state index contributed by atoms with van der Waals surface area (Å²) in [6, 6.07) is 3.50. The Hall–Kier alpha value is -1.11. The van der Waals surface area contributed by atoms with Crippen molar-refractivity contribution in [2.24, 2.45) is 0 Å². The predicted octanol–water partition coefficient (Wildman–Crippen LogP) is 3.19. The zero-order valence-electron chi connectivity index (χ0n) is 12.8. The van der Waals surface area contributed by atoms with E-state index < -0.39 is 6.29 Å². The number of rotatable bonds is 8. The van der Waals surface area contributed by atoms with Gasteiger partial charge in [0.05, 0.1) is 12.7 Å². The van der Waals surface area contributed by atoms with Crippen molar-refractivity contribution in [3.8, 4) is 5.75 Å². The number of halogens is 1. The van der Waals surface area contributed by atoms with E-state index in [9.17, 15) is 4.79 Å². The molecule has 5 nitrogen and oxygen atoms in total. The lowest BCUT2D eigenvalue weighted by Gasteiger charge is -2.17. The second kappa shape index (κ2) is 9.02. The second-order valence-corrected chi connectivity index (χ2v) is 5.06. The Morgan fingerprint density at radius 3 is 2.52 bits per heavy atom. The fourth-order valence-corrected chi connectivity index (χ4v) is 2.60. The van der Waals surface area contributed by atoms with E-state index in [2.05, 4.69) is 15.9 Å². The molecule has 1 aromatic rings. The summed E-state index contributed by atoms with van der Waals surface area (Å²) in [5.41, 5.74) is 1.39. The number of methoxy groups -OCH3 is 2. The zero-order chi connectivity index (χ0) is 15.8. The highest BCUT2D eigenvalue weighted by molar-refractivity contribution is 9.10. The summed E-state index contributed by atoms with van der Waals surface area (Å²) in [6.07, 6.45) is 0.270. The number of carbonyl (C=O) groups is 1. The van der Waals surface area contributed by atoms with E-state index in [1.54, 1.807) is 13.2 Å². The van der Waals surface area contributed by atoms with E-state index in [4.69, 9.17) is 18.9 Å². The molecule has 6 heteroatoms. The molecule has 0 fully saturated rings. The quantitative estimate of drug-likeness (QED) is 0.526. The molecule has 0 N–H and O–H groups in total. The lowest BCUT2D eigenvalue weighted by atomic mass is 10.0. The Morgan fingerprint density at radius 1 is 1.29 bits per heavy atom. The number of benzene rings is 1. The van der Waals surface area contributed by atoms with Gasteiger partial charge in [-0.2, -0.15) is 0 Å². The molecule has 1 unspecified atom stereocenters. The molecule has 0 amide bonds. The summed E-state index contributed by atoms with van der Waals surface area (Å²) in [6.45, 7) is 4.63. The van der Waals surface area contributed by atoms with Crippen LogP contribution >= 0.6 is 15.9 Å². The van der Waals surface area contributed by atoms with Crippen molar-refractivity contribution < 1.29 is 23.7 Å². The monoisotopic (exact) mass is 360 g/mol. The fourth-order valence-electron chi connectivity index (χ4n) is 1.88. The van der Waals surface area contributed by atoms with Crippen molar-refractivity contribution in [3.63, 3.8) is 0 Å². The Morgan fingerprint density at radius 2 is 2.00 bits per heavy atom.